The number of para-hydroxylation sites is 1. The van der Waals surface area contributed by atoms with Crippen LogP contribution in [-0.4, -0.2) is 35.8 Å². The quantitative estimate of drug-likeness (QED) is 0.379. The van der Waals surface area contributed by atoms with Crippen LogP contribution in [0.15, 0.2) is 54.6 Å². The highest BCUT2D eigenvalue weighted by Crippen LogP contribution is 2.42. The number of benzene rings is 3. The molecule has 2 atom stereocenters. The molecule has 0 saturated carbocycles. The van der Waals surface area contributed by atoms with Gasteiger partial charge in [-0.15, -0.1) is 0 Å². The molecule has 0 unspecified atom stereocenters. The summed E-state index contributed by atoms with van der Waals surface area (Å²) in [4.78, 5) is 16.2. The minimum absolute atomic E-state index is 0.0296. The molecule has 1 aromatic heterocycles. The maximum Gasteiger partial charge on any atom is 0.303 e. The third-order valence-electron chi connectivity index (χ3n) is 6.68. The summed E-state index contributed by atoms with van der Waals surface area (Å²) in [6, 6.07) is 18.0. The smallest absolute Gasteiger partial charge is 0.303 e. The molecular formula is C28H27N3O5. The molecule has 6 rings (SSSR count). The molecule has 3 aromatic carbocycles. The van der Waals surface area contributed by atoms with E-state index in [1.54, 1.807) is 7.11 Å². The lowest BCUT2D eigenvalue weighted by molar-refractivity contribution is -0.147. The summed E-state index contributed by atoms with van der Waals surface area (Å²) >= 11 is 0. The van der Waals surface area contributed by atoms with Gasteiger partial charge in [0.2, 0.25) is 0 Å². The van der Waals surface area contributed by atoms with Gasteiger partial charge in [0.25, 0.3) is 0 Å². The Morgan fingerprint density at radius 1 is 1.11 bits per heavy atom. The fraction of sp³-hybridized carbons (Fsp3) is 0.286. The fourth-order valence-corrected chi connectivity index (χ4v) is 5.03. The zero-order valence-corrected chi connectivity index (χ0v) is 20.4. The monoisotopic (exact) mass is 485 g/mol. The molecule has 2 aliphatic rings. The molecule has 4 aromatic rings. The van der Waals surface area contributed by atoms with Gasteiger partial charge in [0.15, 0.2) is 6.10 Å². The molecule has 184 valence electrons. The van der Waals surface area contributed by atoms with Gasteiger partial charge in [0.1, 0.15) is 36.3 Å². The van der Waals surface area contributed by atoms with E-state index in [0.717, 1.165) is 63.0 Å². The Labute approximate surface area is 208 Å². The summed E-state index contributed by atoms with van der Waals surface area (Å²) in [5, 5.41) is 3.58. The van der Waals surface area contributed by atoms with Gasteiger partial charge in [0, 0.05) is 42.3 Å². The van der Waals surface area contributed by atoms with E-state index < -0.39 is 0 Å². The normalized spacial score (nSPS) is 17.8. The van der Waals surface area contributed by atoms with Crippen LogP contribution in [0.2, 0.25) is 0 Å². The average molecular weight is 486 g/mol. The van der Waals surface area contributed by atoms with Crippen LogP contribution in [-0.2, 0) is 16.0 Å². The number of aryl methyl sites for hydroxylation is 1. The zero-order valence-electron chi connectivity index (χ0n) is 20.4. The number of imidazole rings is 1. The van der Waals surface area contributed by atoms with E-state index >= 15 is 0 Å². The molecular weight excluding hydrogens is 458 g/mol. The van der Waals surface area contributed by atoms with Crippen molar-refractivity contribution in [2.24, 2.45) is 0 Å². The highest BCUT2D eigenvalue weighted by atomic mass is 16.6. The van der Waals surface area contributed by atoms with Crippen molar-refractivity contribution in [1.29, 1.82) is 0 Å². The summed E-state index contributed by atoms with van der Waals surface area (Å²) in [6.07, 6.45) is 0.423. The predicted molar refractivity (Wildman–Crippen MR) is 135 cm³/mol. The van der Waals surface area contributed by atoms with Crippen molar-refractivity contribution < 1.29 is 23.7 Å². The first kappa shape index (κ1) is 22.3. The summed E-state index contributed by atoms with van der Waals surface area (Å²) in [5.74, 6) is 3.01. The number of hydrogen-bond acceptors (Lipinski definition) is 7. The Hall–Kier alpha value is -4.20. The number of methoxy groups -OCH3 is 1. The van der Waals surface area contributed by atoms with Crippen molar-refractivity contribution in [3.8, 4) is 22.9 Å². The third-order valence-corrected chi connectivity index (χ3v) is 6.68. The van der Waals surface area contributed by atoms with Gasteiger partial charge in [-0.25, -0.2) is 4.98 Å². The van der Waals surface area contributed by atoms with Crippen LogP contribution in [0, 0.1) is 0 Å². The first-order chi connectivity index (χ1) is 17.6. The summed E-state index contributed by atoms with van der Waals surface area (Å²) < 4.78 is 25.0. The summed E-state index contributed by atoms with van der Waals surface area (Å²) in [7, 11) is 1.67. The van der Waals surface area contributed by atoms with Crippen LogP contribution >= 0.6 is 0 Å². The number of nitrogens with one attached hydrogen (secondary N) is 1. The van der Waals surface area contributed by atoms with Crippen LogP contribution in [0.25, 0.3) is 16.7 Å². The second kappa shape index (κ2) is 8.78. The lowest BCUT2D eigenvalue weighted by Gasteiger charge is -2.15. The number of carbonyl (C=O) groups excluding carboxylic acids is 1. The molecule has 0 bridgehead atoms. The van der Waals surface area contributed by atoms with Gasteiger partial charge in [-0.3, -0.25) is 9.36 Å². The molecule has 0 spiro atoms. The van der Waals surface area contributed by atoms with Gasteiger partial charge in [-0.05, 0) is 30.3 Å². The number of ether oxygens (including phenoxy) is 4. The van der Waals surface area contributed by atoms with Crippen molar-refractivity contribution in [1.82, 2.24) is 9.55 Å². The maximum absolute atomic E-state index is 11.4. The Bertz CT molecular complexity index is 1480. The van der Waals surface area contributed by atoms with Gasteiger partial charge < -0.3 is 24.3 Å². The molecule has 0 amide bonds. The first-order valence-electron chi connectivity index (χ1n) is 12.1. The largest absolute Gasteiger partial charge is 0.497 e. The van der Waals surface area contributed by atoms with E-state index in [0.29, 0.717) is 13.2 Å². The molecule has 8 heteroatoms. The van der Waals surface area contributed by atoms with E-state index in [1.165, 1.54) is 6.92 Å². The molecule has 3 heterocycles. The molecule has 8 nitrogen and oxygen atoms in total. The number of carbonyl (C=O) groups is 1. The number of anilines is 1. The van der Waals surface area contributed by atoms with E-state index in [1.807, 2.05) is 36.4 Å². The molecule has 2 aliphatic heterocycles. The Balaban J connectivity index is 1.33. The number of esters is 1. The van der Waals surface area contributed by atoms with Crippen LogP contribution in [0.3, 0.4) is 0 Å². The number of nitrogens with zero attached hydrogens (tertiary/aromatic N) is 2. The highest BCUT2D eigenvalue weighted by molar-refractivity contribution is 5.81. The third kappa shape index (κ3) is 3.69. The second-order valence-corrected chi connectivity index (χ2v) is 8.94. The highest BCUT2D eigenvalue weighted by Gasteiger charge is 2.30. The molecule has 0 saturated heterocycles. The van der Waals surface area contributed by atoms with Gasteiger partial charge >= 0.3 is 5.97 Å². The topological polar surface area (TPSA) is 83.8 Å². The van der Waals surface area contributed by atoms with Crippen molar-refractivity contribution in [3.63, 3.8) is 0 Å². The maximum atomic E-state index is 11.4. The van der Waals surface area contributed by atoms with E-state index in [4.69, 9.17) is 23.9 Å². The SMILES string of the molecule is CCc1nc2ccc(OC)cc2n1-c1cccc2c1OC[C@H]2Nc1ccc2c(c1)OC[C@H]2OC(C)=O. The number of rotatable bonds is 6. The lowest BCUT2D eigenvalue weighted by atomic mass is 10.1. The fourth-order valence-electron chi connectivity index (χ4n) is 5.03. The van der Waals surface area contributed by atoms with Crippen molar-refractivity contribution in [2.75, 3.05) is 25.6 Å². The van der Waals surface area contributed by atoms with Crippen molar-refractivity contribution >= 4 is 22.7 Å². The van der Waals surface area contributed by atoms with Crippen LogP contribution in [0.1, 0.15) is 42.9 Å². The van der Waals surface area contributed by atoms with Crippen LogP contribution < -0.4 is 19.5 Å². The lowest BCUT2D eigenvalue weighted by Crippen LogP contribution is -2.12. The molecule has 1 N–H and O–H groups in total. The molecule has 0 fully saturated rings. The van der Waals surface area contributed by atoms with Gasteiger partial charge in [-0.1, -0.05) is 19.1 Å². The Morgan fingerprint density at radius 3 is 2.81 bits per heavy atom. The summed E-state index contributed by atoms with van der Waals surface area (Å²) in [5.41, 5.74) is 5.75. The minimum atomic E-state index is -0.360. The van der Waals surface area contributed by atoms with Gasteiger partial charge in [0.05, 0.1) is 29.9 Å². The van der Waals surface area contributed by atoms with Crippen LogP contribution in [0.4, 0.5) is 5.69 Å². The predicted octanol–water partition coefficient (Wildman–Crippen LogP) is 5.14. The van der Waals surface area contributed by atoms with E-state index in [2.05, 4.69) is 35.0 Å². The van der Waals surface area contributed by atoms with Crippen molar-refractivity contribution in [2.45, 2.75) is 32.4 Å². The van der Waals surface area contributed by atoms with Crippen LogP contribution in [0.5, 0.6) is 17.2 Å². The average Bonchev–Trinajstić information content (AvgIpc) is 3.58. The summed E-state index contributed by atoms with van der Waals surface area (Å²) in [6.45, 7) is 4.34. The minimum Gasteiger partial charge on any atom is -0.497 e. The first-order valence-corrected chi connectivity index (χ1v) is 12.1. The van der Waals surface area contributed by atoms with Gasteiger partial charge in [-0.2, -0.15) is 0 Å². The van der Waals surface area contributed by atoms with E-state index in [9.17, 15) is 4.79 Å². The second-order valence-electron chi connectivity index (χ2n) is 8.94. The number of aromatic nitrogens is 2. The van der Waals surface area contributed by atoms with E-state index in [-0.39, 0.29) is 18.1 Å². The number of fused-ring (bicyclic) bond motifs is 3. The Morgan fingerprint density at radius 2 is 2.00 bits per heavy atom. The molecule has 36 heavy (non-hydrogen) atoms. The molecule has 0 radical (unpaired) electrons. The number of hydrogen-bond donors (Lipinski definition) is 1. The standard InChI is InChI=1S/C28H27N3O5/c1-4-27-30-21-11-9-18(33-3)13-24(21)31(27)23-7-5-6-19-22(14-35-28(19)23)29-17-8-10-20-25(12-17)34-15-26(20)36-16(2)32/h5-13,22,26,29H,4,14-15H2,1-3H3/t22-,26-/m1/s1. The zero-order chi connectivity index (χ0) is 24.8. The van der Waals surface area contributed by atoms with Crippen molar-refractivity contribution in [3.05, 3.63) is 71.5 Å². The molecule has 0 aliphatic carbocycles. The Kier molecular flexibility index (Phi) is 5.44.